The van der Waals surface area contributed by atoms with Crippen molar-refractivity contribution in [2.75, 3.05) is 11.9 Å². The zero-order valence-corrected chi connectivity index (χ0v) is 13.6. The zero-order chi connectivity index (χ0) is 17.0. The van der Waals surface area contributed by atoms with Gasteiger partial charge in [-0.25, -0.2) is 4.79 Å². The van der Waals surface area contributed by atoms with Gasteiger partial charge in [0.25, 0.3) is 0 Å². The van der Waals surface area contributed by atoms with E-state index in [1.165, 1.54) is 0 Å². The van der Waals surface area contributed by atoms with Crippen molar-refractivity contribution >= 4 is 23.5 Å². The van der Waals surface area contributed by atoms with Crippen molar-refractivity contribution in [3.63, 3.8) is 0 Å². The molecule has 0 spiro atoms. The number of carbonyl (C=O) groups is 3. The fourth-order valence-electron chi connectivity index (χ4n) is 2.37. The third-order valence-electron chi connectivity index (χ3n) is 3.58. The summed E-state index contributed by atoms with van der Waals surface area (Å²) in [6.45, 7) is 5.75. The molecule has 1 aliphatic rings. The molecule has 6 nitrogen and oxygen atoms in total. The van der Waals surface area contributed by atoms with Gasteiger partial charge >= 0.3 is 5.97 Å². The Morgan fingerprint density at radius 2 is 1.83 bits per heavy atom. The van der Waals surface area contributed by atoms with Crippen molar-refractivity contribution in [2.24, 2.45) is 11.8 Å². The summed E-state index contributed by atoms with van der Waals surface area (Å²) in [5.41, 5.74) is 0.720. The lowest BCUT2D eigenvalue weighted by molar-refractivity contribution is -0.125. The van der Waals surface area contributed by atoms with Crippen LogP contribution < -0.4 is 10.6 Å². The Morgan fingerprint density at radius 3 is 2.48 bits per heavy atom. The molecular weight excluding hydrogens is 296 g/mol. The number of carbonyl (C=O) groups excluding carboxylic acids is 3. The number of hydrogen-bond donors (Lipinski definition) is 2. The van der Waals surface area contributed by atoms with Crippen LogP contribution in [0.4, 0.5) is 5.69 Å². The monoisotopic (exact) mass is 318 g/mol. The topological polar surface area (TPSA) is 84.5 Å². The molecule has 6 heteroatoms. The molecule has 1 aromatic carbocycles. The lowest BCUT2D eigenvalue weighted by Crippen LogP contribution is -2.32. The van der Waals surface area contributed by atoms with Crippen molar-refractivity contribution in [3.05, 3.63) is 29.8 Å². The molecule has 1 aliphatic carbocycles. The first kappa shape index (κ1) is 17.0. The highest BCUT2D eigenvalue weighted by Gasteiger charge is 2.48. The Morgan fingerprint density at radius 1 is 1.17 bits per heavy atom. The van der Waals surface area contributed by atoms with Crippen molar-refractivity contribution in [1.29, 1.82) is 0 Å². The molecule has 0 aromatic heterocycles. The Balaban J connectivity index is 2.00. The molecule has 0 heterocycles. The van der Waals surface area contributed by atoms with Crippen LogP contribution in [0, 0.1) is 11.8 Å². The van der Waals surface area contributed by atoms with E-state index in [9.17, 15) is 14.4 Å². The Bertz CT molecular complexity index is 612. The molecule has 1 fully saturated rings. The summed E-state index contributed by atoms with van der Waals surface area (Å²) in [4.78, 5) is 36.0. The number of esters is 1. The largest absolute Gasteiger partial charge is 0.462 e. The van der Waals surface area contributed by atoms with Crippen LogP contribution in [0.1, 0.15) is 37.6 Å². The molecule has 2 unspecified atom stereocenters. The standard InChI is InChI=1S/C17H22N2O4/c1-4-23-17(22)11-7-5-6-8-14(11)19-16(21)13-9-12(13)15(20)18-10(2)3/h5-8,10,12-13H,4,9H2,1-3H3,(H,18,20)(H,19,21). The Kier molecular flexibility index (Phi) is 5.36. The summed E-state index contributed by atoms with van der Waals surface area (Å²) in [7, 11) is 0. The van der Waals surface area contributed by atoms with Crippen LogP contribution in [0.3, 0.4) is 0 Å². The predicted octanol–water partition coefficient (Wildman–Crippen LogP) is 1.96. The summed E-state index contributed by atoms with van der Waals surface area (Å²) in [5.74, 6) is -1.45. The average molecular weight is 318 g/mol. The number of anilines is 1. The number of amides is 2. The van der Waals surface area contributed by atoms with Gasteiger partial charge in [-0.05, 0) is 39.3 Å². The maximum absolute atomic E-state index is 12.3. The molecule has 2 amide bonds. The van der Waals surface area contributed by atoms with E-state index in [-0.39, 0.29) is 36.3 Å². The lowest BCUT2D eigenvalue weighted by atomic mass is 10.1. The lowest BCUT2D eigenvalue weighted by Gasteiger charge is -2.11. The summed E-state index contributed by atoms with van der Waals surface area (Å²) in [6, 6.07) is 6.74. The number of rotatable bonds is 6. The van der Waals surface area contributed by atoms with Gasteiger partial charge in [0.2, 0.25) is 11.8 Å². The molecule has 0 saturated heterocycles. The minimum absolute atomic E-state index is 0.0522. The van der Waals surface area contributed by atoms with Gasteiger partial charge in [0, 0.05) is 6.04 Å². The van der Waals surface area contributed by atoms with E-state index in [4.69, 9.17) is 4.74 Å². The molecule has 23 heavy (non-hydrogen) atoms. The van der Waals surface area contributed by atoms with Crippen molar-refractivity contribution in [3.8, 4) is 0 Å². The van der Waals surface area contributed by atoms with Crippen LogP contribution in [0.15, 0.2) is 24.3 Å². The number of benzene rings is 1. The Labute approximate surface area is 135 Å². The predicted molar refractivity (Wildman–Crippen MR) is 85.9 cm³/mol. The molecule has 124 valence electrons. The molecule has 1 saturated carbocycles. The van der Waals surface area contributed by atoms with Gasteiger partial charge in [-0.1, -0.05) is 12.1 Å². The van der Waals surface area contributed by atoms with Crippen LogP contribution in [0.5, 0.6) is 0 Å². The van der Waals surface area contributed by atoms with Gasteiger partial charge in [-0.3, -0.25) is 9.59 Å². The highest BCUT2D eigenvalue weighted by atomic mass is 16.5. The minimum Gasteiger partial charge on any atom is -0.462 e. The minimum atomic E-state index is -0.478. The summed E-state index contributed by atoms with van der Waals surface area (Å²) in [5, 5.41) is 5.54. The molecule has 2 rings (SSSR count). The quantitative estimate of drug-likeness (QED) is 0.785. The first-order valence-corrected chi connectivity index (χ1v) is 7.81. The highest BCUT2D eigenvalue weighted by molar-refractivity contribution is 6.04. The average Bonchev–Trinajstić information content (AvgIpc) is 3.28. The van der Waals surface area contributed by atoms with Gasteiger partial charge in [0.15, 0.2) is 0 Å². The van der Waals surface area contributed by atoms with Gasteiger partial charge in [0.05, 0.1) is 29.7 Å². The van der Waals surface area contributed by atoms with Gasteiger partial charge in [0.1, 0.15) is 0 Å². The fraction of sp³-hybridized carbons (Fsp3) is 0.471. The first-order valence-electron chi connectivity index (χ1n) is 7.81. The number of nitrogens with one attached hydrogen (secondary N) is 2. The summed E-state index contributed by atoms with van der Waals surface area (Å²) >= 11 is 0. The van der Waals surface area contributed by atoms with Crippen molar-refractivity contribution in [2.45, 2.75) is 33.2 Å². The Hall–Kier alpha value is -2.37. The van der Waals surface area contributed by atoms with Gasteiger partial charge in [-0.2, -0.15) is 0 Å². The summed E-state index contributed by atoms with van der Waals surface area (Å²) in [6.07, 6.45) is 0.534. The van der Waals surface area contributed by atoms with E-state index in [0.29, 0.717) is 17.7 Å². The third-order valence-corrected chi connectivity index (χ3v) is 3.58. The molecule has 2 N–H and O–H groups in total. The van der Waals surface area contributed by atoms with Crippen molar-refractivity contribution in [1.82, 2.24) is 5.32 Å². The maximum Gasteiger partial charge on any atom is 0.340 e. The molecule has 0 radical (unpaired) electrons. The van der Waals surface area contributed by atoms with Crippen LogP contribution in [-0.4, -0.2) is 30.4 Å². The second-order valence-corrected chi connectivity index (χ2v) is 5.87. The highest BCUT2D eigenvalue weighted by Crippen LogP contribution is 2.39. The van der Waals surface area contributed by atoms with Crippen LogP contribution in [0.25, 0.3) is 0 Å². The molecule has 1 aromatic rings. The SMILES string of the molecule is CCOC(=O)c1ccccc1NC(=O)C1CC1C(=O)NC(C)C. The third kappa shape index (κ3) is 4.31. The van der Waals surface area contributed by atoms with Crippen LogP contribution in [0.2, 0.25) is 0 Å². The van der Waals surface area contributed by atoms with E-state index in [2.05, 4.69) is 10.6 Å². The van der Waals surface area contributed by atoms with Crippen molar-refractivity contribution < 1.29 is 19.1 Å². The van der Waals surface area contributed by atoms with Gasteiger partial charge in [-0.15, -0.1) is 0 Å². The van der Waals surface area contributed by atoms with E-state index < -0.39 is 5.97 Å². The van der Waals surface area contributed by atoms with E-state index >= 15 is 0 Å². The van der Waals surface area contributed by atoms with Crippen LogP contribution in [-0.2, 0) is 14.3 Å². The maximum atomic E-state index is 12.3. The first-order chi connectivity index (χ1) is 10.9. The second-order valence-electron chi connectivity index (χ2n) is 5.87. The molecule has 0 bridgehead atoms. The summed E-state index contributed by atoms with van der Waals surface area (Å²) < 4.78 is 4.98. The number of ether oxygens (including phenoxy) is 1. The molecule has 2 atom stereocenters. The van der Waals surface area contributed by atoms with Gasteiger partial charge < -0.3 is 15.4 Å². The number of para-hydroxylation sites is 1. The second kappa shape index (κ2) is 7.26. The van der Waals surface area contributed by atoms with E-state index in [0.717, 1.165) is 0 Å². The molecule has 0 aliphatic heterocycles. The fourth-order valence-corrected chi connectivity index (χ4v) is 2.37. The zero-order valence-electron chi connectivity index (χ0n) is 13.6. The van der Waals surface area contributed by atoms with Crippen LogP contribution >= 0.6 is 0 Å². The number of hydrogen-bond acceptors (Lipinski definition) is 4. The van der Waals surface area contributed by atoms with E-state index in [1.54, 1.807) is 31.2 Å². The smallest absolute Gasteiger partial charge is 0.340 e. The molecular formula is C17H22N2O4. The normalized spacial score (nSPS) is 19.1. The van der Waals surface area contributed by atoms with E-state index in [1.807, 2.05) is 13.8 Å².